The van der Waals surface area contributed by atoms with E-state index in [-0.39, 0.29) is 0 Å². The maximum atomic E-state index is 2.43. The van der Waals surface area contributed by atoms with Gasteiger partial charge >= 0.3 is 0 Å². The Labute approximate surface area is 163 Å². The third-order valence-electron chi connectivity index (χ3n) is 6.61. The quantitative estimate of drug-likeness (QED) is 0.247. The lowest BCUT2D eigenvalue weighted by molar-refractivity contribution is 0.965. The molecule has 0 N–H and O–H groups in total. The first-order valence-corrected chi connectivity index (χ1v) is 10.1. The molecule has 28 heavy (non-hydrogen) atoms. The Kier molecular flexibility index (Phi) is 2.67. The van der Waals surface area contributed by atoms with E-state index >= 15 is 0 Å². The van der Waals surface area contributed by atoms with Crippen molar-refractivity contribution in [3.8, 4) is 0 Å². The maximum Gasteiger partial charge on any atom is -0.00143 e. The van der Waals surface area contributed by atoms with Crippen molar-refractivity contribution in [2.45, 2.75) is 12.8 Å². The van der Waals surface area contributed by atoms with Crippen LogP contribution >= 0.6 is 0 Å². The zero-order valence-corrected chi connectivity index (χ0v) is 15.5. The van der Waals surface area contributed by atoms with Crippen LogP contribution in [0.3, 0.4) is 0 Å². The van der Waals surface area contributed by atoms with Gasteiger partial charge in [0.05, 0.1) is 0 Å². The van der Waals surface area contributed by atoms with Crippen molar-refractivity contribution < 1.29 is 0 Å². The Bertz CT molecular complexity index is 1470. The van der Waals surface area contributed by atoms with Crippen LogP contribution in [-0.2, 0) is 12.8 Å². The molecule has 1 aliphatic carbocycles. The highest BCUT2D eigenvalue weighted by Crippen LogP contribution is 2.40. The van der Waals surface area contributed by atoms with Crippen molar-refractivity contribution in [3.05, 3.63) is 96.1 Å². The van der Waals surface area contributed by atoms with Crippen LogP contribution in [0.4, 0.5) is 0 Å². The third kappa shape index (κ3) is 1.85. The maximum absolute atomic E-state index is 2.43. The number of aryl methyl sites for hydroxylation is 2. The lowest BCUT2D eigenvalue weighted by Gasteiger charge is -2.13. The van der Waals surface area contributed by atoms with Gasteiger partial charge in [-0.15, -0.1) is 0 Å². The molecule has 0 aliphatic heterocycles. The van der Waals surface area contributed by atoms with E-state index in [9.17, 15) is 0 Å². The fourth-order valence-corrected chi connectivity index (χ4v) is 5.20. The Morgan fingerprint density at radius 2 is 0.714 bits per heavy atom. The van der Waals surface area contributed by atoms with Gasteiger partial charge in [-0.1, -0.05) is 84.9 Å². The van der Waals surface area contributed by atoms with Crippen LogP contribution in [-0.4, -0.2) is 0 Å². The van der Waals surface area contributed by atoms with E-state index < -0.39 is 0 Å². The van der Waals surface area contributed by atoms with Crippen molar-refractivity contribution in [1.82, 2.24) is 0 Å². The van der Waals surface area contributed by atoms with Crippen LogP contribution < -0.4 is 0 Å². The van der Waals surface area contributed by atoms with Crippen molar-refractivity contribution in [2.24, 2.45) is 0 Å². The summed E-state index contributed by atoms with van der Waals surface area (Å²) in [6.07, 6.45) is 2.17. The fourth-order valence-electron chi connectivity index (χ4n) is 5.20. The molecule has 0 unspecified atom stereocenters. The molecule has 0 amide bonds. The third-order valence-corrected chi connectivity index (χ3v) is 6.61. The molecule has 0 spiro atoms. The summed E-state index contributed by atoms with van der Waals surface area (Å²) < 4.78 is 0. The van der Waals surface area contributed by atoms with Gasteiger partial charge in [-0.3, -0.25) is 0 Å². The van der Waals surface area contributed by atoms with Crippen LogP contribution in [0.5, 0.6) is 0 Å². The first-order chi connectivity index (χ1) is 13.8. The van der Waals surface area contributed by atoms with E-state index in [4.69, 9.17) is 0 Å². The molecule has 0 fully saturated rings. The second-order valence-corrected chi connectivity index (χ2v) is 8.17. The van der Waals surface area contributed by atoms with Crippen molar-refractivity contribution in [1.29, 1.82) is 0 Å². The normalized spacial score (nSPS) is 13.4. The number of rotatable bonds is 0. The summed E-state index contributed by atoms with van der Waals surface area (Å²) >= 11 is 0. The van der Waals surface area contributed by atoms with Crippen LogP contribution in [0.2, 0.25) is 0 Å². The van der Waals surface area contributed by atoms with Crippen molar-refractivity contribution in [3.63, 3.8) is 0 Å². The Balaban J connectivity index is 1.92. The van der Waals surface area contributed by atoms with Gasteiger partial charge in [0.25, 0.3) is 0 Å². The van der Waals surface area contributed by atoms with Crippen molar-refractivity contribution >= 4 is 53.9 Å². The van der Waals surface area contributed by atoms with E-state index in [2.05, 4.69) is 84.9 Å². The smallest absolute Gasteiger partial charge is 0.00143 e. The SMILES string of the molecule is c1cc2ccc3ccc4ccc5ccc6ccc7cc6c5c4c3c2cc1CC7. The van der Waals surface area contributed by atoms with E-state index in [0.29, 0.717) is 0 Å². The molecule has 0 heterocycles. The first kappa shape index (κ1) is 14.6. The second kappa shape index (κ2) is 5.11. The lowest BCUT2D eigenvalue weighted by atomic mass is 9.90. The van der Waals surface area contributed by atoms with Crippen LogP contribution in [0.15, 0.2) is 84.9 Å². The van der Waals surface area contributed by atoms with Gasteiger partial charge in [0.15, 0.2) is 0 Å². The molecule has 0 heteroatoms. The van der Waals surface area contributed by atoms with E-state index in [1.807, 2.05) is 0 Å². The summed E-state index contributed by atoms with van der Waals surface area (Å²) in [4.78, 5) is 0. The summed E-state index contributed by atoms with van der Waals surface area (Å²) in [5.41, 5.74) is 2.85. The topological polar surface area (TPSA) is 0 Å². The molecule has 6 aromatic rings. The summed E-state index contributed by atoms with van der Waals surface area (Å²) in [6.45, 7) is 0. The molecular formula is C28H18. The standard InChI is InChI=1S/C28H18/c1-2-18-4-6-20-8-10-22-12-14-23-13-11-21-9-7-19-5-3-17(1)15-24(19)26(21)28(23)27(22)25(20)16-18/h3-16H,1-2H2. The van der Waals surface area contributed by atoms with Gasteiger partial charge in [-0.05, 0) is 77.8 Å². The molecule has 0 saturated heterocycles. The summed E-state index contributed by atoms with van der Waals surface area (Å²) in [6, 6.07) is 32.3. The number of hydrogen-bond acceptors (Lipinski definition) is 0. The molecule has 0 atom stereocenters. The zero-order chi connectivity index (χ0) is 18.2. The molecule has 0 nitrogen and oxygen atoms in total. The number of benzene rings is 6. The predicted molar refractivity (Wildman–Crippen MR) is 121 cm³/mol. The highest BCUT2D eigenvalue weighted by Gasteiger charge is 2.13. The monoisotopic (exact) mass is 354 g/mol. The van der Waals surface area contributed by atoms with E-state index in [1.54, 1.807) is 0 Å². The highest BCUT2D eigenvalue weighted by molar-refractivity contribution is 6.32. The van der Waals surface area contributed by atoms with Crippen LogP contribution in [0.25, 0.3) is 53.9 Å². The van der Waals surface area contributed by atoms with Gasteiger partial charge in [0.1, 0.15) is 0 Å². The van der Waals surface area contributed by atoms with Gasteiger partial charge in [-0.25, -0.2) is 0 Å². The molecule has 7 rings (SSSR count). The van der Waals surface area contributed by atoms with E-state index in [1.165, 1.54) is 65.0 Å². The Morgan fingerprint density at radius 3 is 1.18 bits per heavy atom. The molecule has 0 aromatic heterocycles. The molecular weight excluding hydrogens is 336 g/mol. The first-order valence-electron chi connectivity index (χ1n) is 10.1. The molecule has 130 valence electrons. The second-order valence-electron chi connectivity index (χ2n) is 8.17. The molecule has 0 saturated carbocycles. The summed E-state index contributed by atoms with van der Waals surface area (Å²) in [7, 11) is 0. The number of fused-ring (bicyclic) bond motifs is 2. The average molecular weight is 354 g/mol. The largest absolute Gasteiger partial charge is 0.0584 e. The molecule has 0 radical (unpaired) electrons. The van der Waals surface area contributed by atoms with Crippen LogP contribution in [0.1, 0.15) is 11.1 Å². The fraction of sp³-hybridized carbons (Fsp3) is 0.0714. The lowest BCUT2D eigenvalue weighted by Crippen LogP contribution is -1.91. The van der Waals surface area contributed by atoms with Gasteiger partial charge < -0.3 is 0 Å². The molecule has 6 aromatic carbocycles. The molecule has 1 aliphatic rings. The highest BCUT2D eigenvalue weighted by atomic mass is 14.2. The van der Waals surface area contributed by atoms with Crippen molar-refractivity contribution in [2.75, 3.05) is 0 Å². The minimum absolute atomic E-state index is 1.08. The minimum atomic E-state index is 1.08. The van der Waals surface area contributed by atoms with Gasteiger partial charge in [0, 0.05) is 0 Å². The summed E-state index contributed by atoms with van der Waals surface area (Å²) in [5.74, 6) is 0. The minimum Gasteiger partial charge on any atom is -0.0584 e. The Hall–Kier alpha value is -3.38. The van der Waals surface area contributed by atoms with Gasteiger partial charge in [-0.2, -0.15) is 0 Å². The number of hydrogen-bond donors (Lipinski definition) is 0. The van der Waals surface area contributed by atoms with Crippen LogP contribution in [0, 0.1) is 0 Å². The average Bonchev–Trinajstić information content (AvgIpc) is 2.77. The zero-order valence-electron chi connectivity index (χ0n) is 15.5. The summed E-state index contributed by atoms with van der Waals surface area (Å²) in [5, 5.41) is 13.6. The predicted octanol–water partition coefficient (Wildman–Crippen LogP) is 7.55. The molecule has 4 bridgehead atoms. The van der Waals surface area contributed by atoms with Gasteiger partial charge in [0.2, 0.25) is 0 Å². The van der Waals surface area contributed by atoms with E-state index in [0.717, 1.165) is 12.8 Å². The Morgan fingerprint density at radius 1 is 0.357 bits per heavy atom.